The molecule has 0 radical (unpaired) electrons. The molecule has 0 atom stereocenters. The Hall–Kier alpha value is -2.41. The topological polar surface area (TPSA) is 84.3 Å². The van der Waals surface area contributed by atoms with E-state index in [0.29, 0.717) is 6.54 Å². The number of thiophene rings is 1. The van der Waals surface area contributed by atoms with Crippen LogP contribution in [0.25, 0.3) is 0 Å². The molecule has 7 heteroatoms. The van der Waals surface area contributed by atoms with Crippen molar-refractivity contribution in [3.8, 4) is 0 Å². The fraction of sp³-hybridized carbons (Fsp3) is 0.214. The number of anilines is 2. The monoisotopic (exact) mass is 305 g/mol. The second-order valence-corrected chi connectivity index (χ2v) is 5.45. The number of benzene rings is 1. The van der Waals surface area contributed by atoms with Gasteiger partial charge in [0.1, 0.15) is 0 Å². The molecule has 0 aliphatic rings. The summed E-state index contributed by atoms with van der Waals surface area (Å²) in [5.41, 5.74) is 3.42. The van der Waals surface area contributed by atoms with Crippen molar-refractivity contribution in [3.63, 3.8) is 0 Å². The highest BCUT2D eigenvalue weighted by Crippen LogP contribution is 2.26. The number of hydrogen-bond acceptors (Lipinski definition) is 5. The molecule has 0 aliphatic heterocycles. The molecule has 2 N–H and O–H groups in total. The van der Waals surface area contributed by atoms with E-state index in [1.807, 2.05) is 25.1 Å². The van der Waals surface area contributed by atoms with Gasteiger partial charge in [-0.05, 0) is 30.2 Å². The van der Waals surface area contributed by atoms with Crippen LogP contribution in [0.1, 0.15) is 18.1 Å². The summed E-state index contributed by atoms with van der Waals surface area (Å²) in [7, 11) is 0. The number of carbonyl (C=O) groups is 1. The third-order valence-electron chi connectivity index (χ3n) is 2.95. The Balaban J connectivity index is 2.09. The molecule has 0 bridgehead atoms. The second kappa shape index (κ2) is 6.36. The molecule has 0 fully saturated rings. The minimum Gasteiger partial charge on any atom is -0.381 e. The van der Waals surface area contributed by atoms with Crippen molar-refractivity contribution in [2.24, 2.45) is 0 Å². The summed E-state index contributed by atoms with van der Waals surface area (Å²) in [6, 6.07) is 7.14. The Morgan fingerprint density at radius 3 is 2.71 bits per heavy atom. The van der Waals surface area contributed by atoms with Crippen molar-refractivity contribution in [1.29, 1.82) is 0 Å². The van der Waals surface area contributed by atoms with Crippen molar-refractivity contribution in [2.45, 2.75) is 20.4 Å². The van der Waals surface area contributed by atoms with Crippen LogP contribution >= 0.6 is 11.3 Å². The Morgan fingerprint density at radius 1 is 1.38 bits per heavy atom. The van der Waals surface area contributed by atoms with Gasteiger partial charge in [-0.15, -0.1) is 0 Å². The van der Waals surface area contributed by atoms with Crippen molar-refractivity contribution in [3.05, 3.63) is 50.9 Å². The summed E-state index contributed by atoms with van der Waals surface area (Å²) < 4.78 is 0. The lowest BCUT2D eigenvalue weighted by Crippen LogP contribution is -2.08. The molecule has 110 valence electrons. The first-order valence-corrected chi connectivity index (χ1v) is 7.18. The zero-order valence-electron chi connectivity index (χ0n) is 11.7. The van der Waals surface area contributed by atoms with Crippen LogP contribution in [-0.4, -0.2) is 10.8 Å². The lowest BCUT2D eigenvalue weighted by molar-refractivity contribution is -0.380. The maximum atomic E-state index is 11.1. The van der Waals surface area contributed by atoms with Gasteiger partial charge < -0.3 is 10.6 Å². The average molecular weight is 305 g/mol. The van der Waals surface area contributed by atoms with Gasteiger partial charge in [0.2, 0.25) is 5.91 Å². The summed E-state index contributed by atoms with van der Waals surface area (Å²) in [6.07, 6.45) is 0. The molecule has 0 unspecified atom stereocenters. The van der Waals surface area contributed by atoms with E-state index in [1.54, 1.807) is 11.4 Å². The molecule has 0 saturated heterocycles. The molecule has 1 aromatic carbocycles. The summed E-state index contributed by atoms with van der Waals surface area (Å²) in [6.45, 7) is 3.86. The van der Waals surface area contributed by atoms with Crippen LogP contribution in [0, 0.1) is 17.0 Å². The van der Waals surface area contributed by atoms with Gasteiger partial charge in [-0.2, -0.15) is 0 Å². The standard InChI is InChI=1S/C14H15N3O3S/c1-9-12(4-3-5-13(9)16-10(2)18)15-7-11-6-14(17(19)20)21-8-11/h3-6,8,15H,7H2,1-2H3,(H,16,18). The first-order valence-electron chi connectivity index (χ1n) is 6.30. The van der Waals surface area contributed by atoms with Gasteiger partial charge in [-0.25, -0.2) is 0 Å². The quantitative estimate of drug-likeness (QED) is 0.653. The lowest BCUT2D eigenvalue weighted by atomic mass is 10.1. The molecule has 6 nitrogen and oxygen atoms in total. The Morgan fingerprint density at radius 2 is 2.10 bits per heavy atom. The SMILES string of the molecule is CC(=O)Nc1cccc(NCc2csc([N+](=O)[O-])c2)c1C. The Kier molecular flexibility index (Phi) is 4.54. The summed E-state index contributed by atoms with van der Waals surface area (Å²) in [4.78, 5) is 21.4. The zero-order chi connectivity index (χ0) is 15.4. The largest absolute Gasteiger partial charge is 0.381 e. The highest BCUT2D eigenvalue weighted by Gasteiger charge is 2.10. The predicted octanol–water partition coefficient (Wildman–Crippen LogP) is 3.54. The molecule has 0 saturated carbocycles. The number of rotatable bonds is 5. The summed E-state index contributed by atoms with van der Waals surface area (Å²) in [5.74, 6) is -0.122. The van der Waals surface area contributed by atoms with Crippen molar-refractivity contribution < 1.29 is 9.72 Å². The first kappa shape index (κ1) is 15.0. The van der Waals surface area contributed by atoms with E-state index < -0.39 is 4.92 Å². The molecule has 2 aromatic rings. The van der Waals surface area contributed by atoms with Crippen LogP contribution in [0.2, 0.25) is 0 Å². The zero-order valence-corrected chi connectivity index (χ0v) is 12.5. The van der Waals surface area contributed by atoms with E-state index in [4.69, 9.17) is 0 Å². The van der Waals surface area contributed by atoms with Crippen LogP contribution in [0.3, 0.4) is 0 Å². The number of hydrogen-bond donors (Lipinski definition) is 2. The van der Waals surface area contributed by atoms with E-state index in [9.17, 15) is 14.9 Å². The molecule has 1 amide bonds. The summed E-state index contributed by atoms with van der Waals surface area (Å²) in [5, 5.41) is 18.5. The average Bonchev–Trinajstić information content (AvgIpc) is 2.88. The smallest absolute Gasteiger partial charge is 0.324 e. The number of nitrogens with one attached hydrogen (secondary N) is 2. The van der Waals surface area contributed by atoms with E-state index in [2.05, 4.69) is 10.6 Å². The van der Waals surface area contributed by atoms with Crippen LogP contribution in [0.5, 0.6) is 0 Å². The third-order valence-corrected chi connectivity index (χ3v) is 3.88. The Labute approximate surface area is 126 Å². The van der Waals surface area contributed by atoms with E-state index >= 15 is 0 Å². The van der Waals surface area contributed by atoms with Gasteiger partial charge in [0, 0.05) is 36.3 Å². The lowest BCUT2D eigenvalue weighted by Gasteiger charge is -2.13. The van der Waals surface area contributed by atoms with Crippen LogP contribution < -0.4 is 10.6 Å². The van der Waals surface area contributed by atoms with Crippen LogP contribution in [0.4, 0.5) is 16.4 Å². The van der Waals surface area contributed by atoms with Gasteiger partial charge >= 0.3 is 5.00 Å². The first-order chi connectivity index (χ1) is 9.97. The number of nitro groups is 1. The van der Waals surface area contributed by atoms with E-state index in [-0.39, 0.29) is 10.9 Å². The van der Waals surface area contributed by atoms with Crippen molar-refractivity contribution >= 4 is 33.6 Å². The van der Waals surface area contributed by atoms with E-state index in [0.717, 1.165) is 33.8 Å². The number of carbonyl (C=O) groups excluding carboxylic acids is 1. The number of nitrogens with zero attached hydrogens (tertiary/aromatic N) is 1. The molecule has 1 heterocycles. The minimum atomic E-state index is -0.392. The van der Waals surface area contributed by atoms with Crippen molar-refractivity contribution in [2.75, 3.05) is 10.6 Å². The third kappa shape index (κ3) is 3.79. The summed E-state index contributed by atoms with van der Waals surface area (Å²) >= 11 is 1.11. The fourth-order valence-electron chi connectivity index (χ4n) is 1.90. The maximum absolute atomic E-state index is 11.1. The van der Waals surface area contributed by atoms with Gasteiger partial charge in [-0.1, -0.05) is 17.4 Å². The van der Waals surface area contributed by atoms with Crippen molar-refractivity contribution in [1.82, 2.24) is 0 Å². The molecule has 0 spiro atoms. The van der Waals surface area contributed by atoms with E-state index in [1.165, 1.54) is 6.92 Å². The van der Waals surface area contributed by atoms with Gasteiger partial charge in [0.25, 0.3) is 0 Å². The second-order valence-electron chi connectivity index (χ2n) is 4.56. The van der Waals surface area contributed by atoms with Crippen LogP contribution in [-0.2, 0) is 11.3 Å². The van der Waals surface area contributed by atoms with Crippen LogP contribution in [0.15, 0.2) is 29.6 Å². The molecule has 21 heavy (non-hydrogen) atoms. The van der Waals surface area contributed by atoms with Gasteiger partial charge in [0.05, 0.1) is 4.92 Å². The highest BCUT2D eigenvalue weighted by molar-refractivity contribution is 7.13. The molecular formula is C14H15N3O3S. The fourth-order valence-corrected chi connectivity index (χ4v) is 2.63. The predicted molar refractivity (Wildman–Crippen MR) is 83.8 cm³/mol. The molecule has 2 rings (SSSR count). The van der Waals surface area contributed by atoms with Gasteiger partial charge in [-0.3, -0.25) is 14.9 Å². The molecule has 0 aliphatic carbocycles. The maximum Gasteiger partial charge on any atom is 0.324 e. The molecular weight excluding hydrogens is 290 g/mol. The normalized spacial score (nSPS) is 10.2. The minimum absolute atomic E-state index is 0.122. The van der Waals surface area contributed by atoms with Gasteiger partial charge in [0.15, 0.2) is 0 Å². The molecule has 1 aromatic heterocycles. The Bertz CT molecular complexity index is 682. The highest BCUT2D eigenvalue weighted by atomic mass is 32.1. The number of amides is 1.